The van der Waals surface area contributed by atoms with Gasteiger partial charge in [-0.2, -0.15) is 0 Å². The number of hydrogen-bond donors (Lipinski definition) is 1. The molecular formula is C13H19BrN2O2. The molecule has 0 heterocycles. The summed E-state index contributed by atoms with van der Waals surface area (Å²) >= 11 is 3.29. The van der Waals surface area contributed by atoms with Gasteiger partial charge in [-0.3, -0.25) is 0 Å². The van der Waals surface area contributed by atoms with E-state index in [0.717, 1.165) is 25.2 Å². The van der Waals surface area contributed by atoms with Crippen molar-refractivity contribution in [1.29, 1.82) is 0 Å². The number of halogens is 1. The van der Waals surface area contributed by atoms with Crippen LogP contribution in [0.2, 0.25) is 0 Å². The zero-order valence-electron chi connectivity index (χ0n) is 11.0. The number of nitrogens with zero attached hydrogens (tertiary/aromatic N) is 2. The van der Waals surface area contributed by atoms with Crippen LogP contribution in [0, 0.1) is 0 Å². The molecule has 1 rings (SSSR count). The molecule has 1 aromatic carbocycles. The molecule has 100 valence electrons. The molecule has 0 bridgehead atoms. The Morgan fingerprint density at radius 3 is 2.50 bits per heavy atom. The van der Waals surface area contributed by atoms with Gasteiger partial charge in [-0.15, -0.1) is 0 Å². The standard InChI is InChI=1S/C13H19BrN2O2/c1-15(2)8-5-9-16(3)11-7-4-6-10(14)12(11)13(17)18/h4,6-7H,5,8-9H2,1-3H3,(H,17,18). The van der Waals surface area contributed by atoms with Crippen molar-refractivity contribution in [1.82, 2.24) is 4.90 Å². The van der Waals surface area contributed by atoms with Crippen LogP contribution >= 0.6 is 15.9 Å². The molecule has 0 unspecified atom stereocenters. The summed E-state index contributed by atoms with van der Waals surface area (Å²) in [5.41, 5.74) is 1.07. The highest BCUT2D eigenvalue weighted by Crippen LogP contribution is 2.27. The number of hydrogen-bond acceptors (Lipinski definition) is 3. The van der Waals surface area contributed by atoms with Crippen LogP contribution in [0.1, 0.15) is 16.8 Å². The highest BCUT2D eigenvalue weighted by atomic mass is 79.9. The molecule has 0 saturated heterocycles. The van der Waals surface area contributed by atoms with E-state index in [2.05, 4.69) is 20.8 Å². The Morgan fingerprint density at radius 2 is 1.94 bits per heavy atom. The first-order valence-electron chi connectivity index (χ1n) is 5.81. The van der Waals surface area contributed by atoms with Crippen LogP contribution in [0.4, 0.5) is 5.69 Å². The molecule has 0 fully saturated rings. The summed E-state index contributed by atoms with van der Waals surface area (Å²) < 4.78 is 0.618. The first-order valence-corrected chi connectivity index (χ1v) is 6.60. The van der Waals surface area contributed by atoms with Crippen molar-refractivity contribution in [3.05, 3.63) is 28.2 Å². The predicted molar refractivity (Wildman–Crippen MR) is 77.5 cm³/mol. The van der Waals surface area contributed by atoms with E-state index in [1.54, 1.807) is 6.07 Å². The van der Waals surface area contributed by atoms with Crippen LogP contribution in [-0.4, -0.2) is 50.2 Å². The maximum Gasteiger partial charge on any atom is 0.338 e. The molecule has 18 heavy (non-hydrogen) atoms. The molecule has 0 saturated carbocycles. The average Bonchev–Trinajstić information content (AvgIpc) is 2.27. The molecule has 0 radical (unpaired) electrons. The second-order valence-corrected chi connectivity index (χ2v) is 5.37. The normalized spacial score (nSPS) is 10.7. The van der Waals surface area contributed by atoms with E-state index in [1.807, 2.05) is 38.2 Å². The van der Waals surface area contributed by atoms with Crippen LogP contribution in [0.5, 0.6) is 0 Å². The Hall–Kier alpha value is -1.07. The fourth-order valence-electron chi connectivity index (χ4n) is 1.79. The monoisotopic (exact) mass is 314 g/mol. The van der Waals surface area contributed by atoms with Crippen molar-refractivity contribution >= 4 is 27.6 Å². The lowest BCUT2D eigenvalue weighted by Gasteiger charge is -2.22. The highest BCUT2D eigenvalue weighted by Gasteiger charge is 2.16. The zero-order valence-corrected chi connectivity index (χ0v) is 12.6. The molecule has 0 amide bonds. The van der Waals surface area contributed by atoms with Gasteiger partial charge in [0.25, 0.3) is 0 Å². The Morgan fingerprint density at radius 1 is 1.28 bits per heavy atom. The summed E-state index contributed by atoms with van der Waals surface area (Å²) in [4.78, 5) is 15.4. The van der Waals surface area contributed by atoms with Crippen molar-refractivity contribution in [2.75, 3.05) is 39.1 Å². The highest BCUT2D eigenvalue weighted by molar-refractivity contribution is 9.10. The van der Waals surface area contributed by atoms with Crippen LogP contribution in [0.15, 0.2) is 22.7 Å². The molecule has 5 heteroatoms. The molecule has 0 atom stereocenters. The Labute approximate surface area is 116 Å². The fraction of sp³-hybridized carbons (Fsp3) is 0.462. The number of benzene rings is 1. The quantitative estimate of drug-likeness (QED) is 0.876. The summed E-state index contributed by atoms with van der Waals surface area (Å²) in [7, 11) is 5.98. The Balaban J connectivity index is 2.82. The summed E-state index contributed by atoms with van der Waals surface area (Å²) in [6.45, 7) is 1.82. The average molecular weight is 315 g/mol. The van der Waals surface area contributed by atoms with Crippen LogP contribution < -0.4 is 4.90 Å². The van der Waals surface area contributed by atoms with Crippen molar-refractivity contribution in [2.24, 2.45) is 0 Å². The van der Waals surface area contributed by atoms with E-state index >= 15 is 0 Å². The van der Waals surface area contributed by atoms with Gasteiger partial charge in [0.15, 0.2) is 0 Å². The lowest BCUT2D eigenvalue weighted by Crippen LogP contribution is -2.25. The number of aromatic carboxylic acids is 1. The third kappa shape index (κ3) is 3.99. The minimum absolute atomic E-state index is 0.324. The van der Waals surface area contributed by atoms with Gasteiger partial charge in [0.05, 0.1) is 11.3 Å². The maximum atomic E-state index is 11.3. The lowest BCUT2D eigenvalue weighted by molar-refractivity contribution is 0.0696. The second-order valence-electron chi connectivity index (χ2n) is 4.52. The molecule has 0 aliphatic carbocycles. The fourth-order valence-corrected chi connectivity index (χ4v) is 2.31. The Kier molecular flexibility index (Phi) is 5.62. The topological polar surface area (TPSA) is 43.8 Å². The summed E-state index contributed by atoms with van der Waals surface area (Å²) in [5, 5.41) is 9.24. The summed E-state index contributed by atoms with van der Waals surface area (Å²) in [5.74, 6) is -0.906. The summed E-state index contributed by atoms with van der Waals surface area (Å²) in [6, 6.07) is 5.44. The van der Waals surface area contributed by atoms with E-state index in [-0.39, 0.29) is 0 Å². The van der Waals surface area contributed by atoms with Gasteiger partial charge in [-0.25, -0.2) is 4.79 Å². The minimum atomic E-state index is -0.906. The van der Waals surface area contributed by atoms with E-state index < -0.39 is 5.97 Å². The first kappa shape index (κ1) is 15.0. The number of anilines is 1. The Bertz CT molecular complexity index is 421. The van der Waals surface area contributed by atoms with Crippen molar-refractivity contribution in [3.8, 4) is 0 Å². The third-order valence-electron chi connectivity index (χ3n) is 2.72. The van der Waals surface area contributed by atoms with E-state index in [9.17, 15) is 9.90 Å². The minimum Gasteiger partial charge on any atom is -0.478 e. The maximum absolute atomic E-state index is 11.3. The van der Waals surface area contributed by atoms with Gasteiger partial charge in [0.2, 0.25) is 0 Å². The largest absolute Gasteiger partial charge is 0.478 e. The number of carboxylic acid groups (broad SMARTS) is 1. The van der Waals surface area contributed by atoms with Crippen molar-refractivity contribution < 1.29 is 9.90 Å². The van der Waals surface area contributed by atoms with Crippen LogP contribution in [0.3, 0.4) is 0 Å². The van der Waals surface area contributed by atoms with Crippen molar-refractivity contribution in [3.63, 3.8) is 0 Å². The molecular weight excluding hydrogens is 296 g/mol. The van der Waals surface area contributed by atoms with E-state index in [4.69, 9.17) is 0 Å². The zero-order chi connectivity index (χ0) is 13.7. The van der Waals surface area contributed by atoms with Gasteiger partial charge >= 0.3 is 5.97 Å². The van der Waals surface area contributed by atoms with E-state index in [0.29, 0.717) is 10.0 Å². The predicted octanol–water partition coefficient (Wildman–Crippen LogP) is 2.54. The molecule has 1 N–H and O–H groups in total. The smallest absolute Gasteiger partial charge is 0.338 e. The molecule has 0 aliphatic heterocycles. The SMILES string of the molecule is CN(C)CCCN(C)c1cccc(Br)c1C(=O)O. The van der Waals surface area contributed by atoms with Gasteiger partial charge in [-0.05, 0) is 55.1 Å². The second kappa shape index (κ2) is 6.75. The number of rotatable bonds is 6. The van der Waals surface area contributed by atoms with Crippen LogP contribution in [0.25, 0.3) is 0 Å². The van der Waals surface area contributed by atoms with E-state index in [1.165, 1.54) is 0 Å². The number of carboxylic acids is 1. The summed E-state index contributed by atoms with van der Waals surface area (Å²) in [6.07, 6.45) is 0.995. The molecule has 0 aromatic heterocycles. The molecule has 0 spiro atoms. The lowest BCUT2D eigenvalue weighted by atomic mass is 10.1. The van der Waals surface area contributed by atoms with Gasteiger partial charge in [-0.1, -0.05) is 6.07 Å². The first-order chi connectivity index (χ1) is 8.43. The number of carbonyl (C=O) groups is 1. The molecule has 4 nitrogen and oxygen atoms in total. The third-order valence-corrected chi connectivity index (χ3v) is 3.38. The molecule has 1 aromatic rings. The molecule has 0 aliphatic rings. The van der Waals surface area contributed by atoms with Gasteiger partial charge in [0, 0.05) is 18.1 Å². The van der Waals surface area contributed by atoms with Crippen LogP contribution in [-0.2, 0) is 0 Å². The van der Waals surface area contributed by atoms with Crippen molar-refractivity contribution in [2.45, 2.75) is 6.42 Å². The van der Waals surface area contributed by atoms with Gasteiger partial charge < -0.3 is 14.9 Å². The van der Waals surface area contributed by atoms with Gasteiger partial charge in [0.1, 0.15) is 0 Å².